The number of nitrogens with zero attached hydrogens (tertiary/aromatic N) is 1. The van der Waals surface area contributed by atoms with Crippen molar-refractivity contribution in [2.45, 2.75) is 63.6 Å². The molecule has 2 fully saturated rings. The highest BCUT2D eigenvalue weighted by atomic mass is 19.1. The first-order valence-electron chi connectivity index (χ1n) is 8.48. The molecule has 3 rings (SSSR count). The van der Waals surface area contributed by atoms with Crippen LogP contribution >= 0.6 is 0 Å². The lowest BCUT2D eigenvalue weighted by Crippen LogP contribution is -2.53. The van der Waals surface area contributed by atoms with Crippen molar-refractivity contribution in [1.82, 2.24) is 10.2 Å². The molecule has 1 aromatic carbocycles. The average Bonchev–Trinajstić information content (AvgIpc) is 3.04. The lowest BCUT2D eigenvalue weighted by molar-refractivity contribution is -0.144. The maximum absolute atomic E-state index is 13.0. The van der Waals surface area contributed by atoms with Gasteiger partial charge in [0.25, 0.3) is 0 Å². The molecule has 1 N–H and O–H groups in total. The van der Waals surface area contributed by atoms with Crippen molar-refractivity contribution in [2.24, 2.45) is 0 Å². The third kappa shape index (κ3) is 3.89. The van der Waals surface area contributed by atoms with Crippen molar-refractivity contribution in [3.63, 3.8) is 0 Å². The maximum atomic E-state index is 13.0. The molecular formula is C18H23FN2O2. The number of carbonyl (C=O) groups excluding carboxylic acids is 2. The summed E-state index contributed by atoms with van der Waals surface area (Å²) < 4.78 is 13.0. The van der Waals surface area contributed by atoms with Crippen LogP contribution in [0.2, 0.25) is 0 Å². The molecule has 1 saturated carbocycles. The van der Waals surface area contributed by atoms with Gasteiger partial charge in [0.1, 0.15) is 11.9 Å². The van der Waals surface area contributed by atoms with Crippen LogP contribution in [0.25, 0.3) is 0 Å². The molecule has 1 aliphatic heterocycles. The van der Waals surface area contributed by atoms with Crippen molar-refractivity contribution < 1.29 is 14.0 Å². The Labute approximate surface area is 136 Å². The highest BCUT2D eigenvalue weighted by Gasteiger charge is 2.34. The Morgan fingerprint density at radius 3 is 2.52 bits per heavy atom. The van der Waals surface area contributed by atoms with E-state index in [9.17, 15) is 14.0 Å². The predicted molar refractivity (Wildman–Crippen MR) is 85.0 cm³/mol. The summed E-state index contributed by atoms with van der Waals surface area (Å²) in [6, 6.07) is 5.97. The Kier molecular flexibility index (Phi) is 4.94. The van der Waals surface area contributed by atoms with Crippen LogP contribution < -0.4 is 5.32 Å². The second-order valence-electron chi connectivity index (χ2n) is 6.55. The second-order valence-corrected chi connectivity index (χ2v) is 6.55. The quantitative estimate of drug-likeness (QED) is 0.928. The molecule has 124 valence electrons. The summed E-state index contributed by atoms with van der Waals surface area (Å²) in [4.78, 5) is 26.5. The molecule has 5 heteroatoms. The first-order valence-corrected chi connectivity index (χ1v) is 8.48. The zero-order valence-corrected chi connectivity index (χ0v) is 13.3. The van der Waals surface area contributed by atoms with E-state index in [0.29, 0.717) is 19.4 Å². The molecule has 2 aliphatic rings. The van der Waals surface area contributed by atoms with E-state index < -0.39 is 6.04 Å². The fourth-order valence-corrected chi connectivity index (χ4v) is 3.54. The van der Waals surface area contributed by atoms with Crippen LogP contribution in [-0.2, 0) is 16.1 Å². The Morgan fingerprint density at radius 2 is 1.83 bits per heavy atom. The summed E-state index contributed by atoms with van der Waals surface area (Å²) in [7, 11) is 0. The molecule has 0 radical (unpaired) electrons. The van der Waals surface area contributed by atoms with E-state index in [2.05, 4.69) is 5.32 Å². The molecule has 4 nitrogen and oxygen atoms in total. The van der Waals surface area contributed by atoms with Crippen LogP contribution in [0.3, 0.4) is 0 Å². The topological polar surface area (TPSA) is 49.4 Å². The smallest absolute Gasteiger partial charge is 0.243 e. The number of halogens is 1. The number of nitrogens with one attached hydrogen (secondary N) is 1. The third-order valence-corrected chi connectivity index (χ3v) is 4.84. The van der Waals surface area contributed by atoms with Crippen LogP contribution in [0, 0.1) is 5.82 Å². The molecule has 1 saturated heterocycles. The van der Waals surface area contributed by atoms with Crippen molar-refractivity contribution in [3.05, 3.63) is 35.6 Å². The molecule has 1 atom stereocenters. The van der Waals surface area contributed by atoms with Crippen molar-refractivity contribution in [2.75, 3.05) is 0 Å². The van der Waals surface area contributed by atoms with E-state index in [1.165, 1.54) is 12.1 Å². The van der Waals surface area contributed by atoms with Gasteiger partial charge in [0.05, 0.1) is 0 Å². The third-order valence-electron chi connectivity index (χ3n) is 4.84. The predicted octanol–water partition coefficient (Wildman–Crippen LogP) is 2.77. The van der Waals surface area contributed by atoms with Gasteiger partial charge < -0.3 is 10.2 Å². The van der Waals surface area contributed by atoms with Gasteiger partial charge in [-0.25, -0.2) is 4.39 Å². The van der Waals surface area contributed by atoms with Crippen LogP contribution in [0.5, 0.6) is 0 Å². The van der Waals surface area contributed by atoms with E-state index in [-0.39, 0.29) is 23.7 Å². The summed E-state index contributed by atoms with van der Waals surface area (Å²) >= 11 is 0. The van der Waals surface area contributed by atoms with Crippen molar-refractivity contribution in [1.29, 1.82) is 0 Å². The van der Waals surface area contributed by atoms with Gasteiger partial charge in [-0.15, -0.1) is 0 Å². The largest absolute Gasteiger partial charge is 0.352 e. The first kappa shape index (κ1) is 16.0. The van der Waals surface area contributed by atoms with Crippen LogP contribution in [0.15, 0.2) is 24.3 Å². The molecule has 1 aromatic rings. The molecular weight excluding hydrogens is 295 g/mol. The van der Waals surface area contributed by atoms with Gasteiger partial charge >= 0.3 is 0 Å². The summed E-state index contributed by atoms with van der Waals surface area (Å²) in [5.74, 6) is -0.326. The minimum atomic E-state index is -0.401. The van der Waals surface area contributed by atoms with Gasteiger partial charge in [0, 0.05) is 19.0 Å². The highest BCUT2D eigenvalue weighted by molar-refractivity contribution is 5.88. The minimum Gasteiger partial charge on any atom is -0.352 e. The molecule has 0 aromatic heterocycles. The van der Waals surface area contributed by atoms with E-state index >= 15 is 0 Å². The van der Waals surface area contributed by atoms with Gasteiger partial charge in [-0.1, -0.05) is 25.0 Å². The Hall–Kier alpha value is -1.91. The SMILES string of the molecule is O=C(NC1CCCC1)C1CCCC(=O)N1Cc1ccc(F)cc1. The van der Waals surface area contributed by atoms with Crippen LogP contribution in [0.4, 0.5) is 4.39 Å². The normalized spacial score (nSPS) is 22.4. The molecule has 1 heterocycles. The number of likely N-dealkylation sites (tertiary alicyclic amines) is 1. The second kappa shape index (κ2) is 7.11. The number of rotatable bonds is 4. The zero-order valence-electron chi connectivity index (χ0n) is 13.3. The van der Waals surface area contributed by atoms with Gasteiger partial charge in [-0.3, -0.25) is 9.59 Å². The fourth-order valence-electron chi connectivity index (χ4n) is 3.54. The molecule has 0 bridgehead atoms. The first-order chi connectivity index (χ1) is 11.1. The van der Waals surface area contributed by atoms with Crippen molar-refractivity contribution >= 4 is 11.8 Å². The van der Waals surface area contributed by atoms with E-state index in [1.54, 1.807) is 17.0 Å². The van der Waals surface area contributed by atoms with Crippen molar-refractivity contribution in [3.8, 4) is 0 Å². The lowest BCUT2D eigenvalue weighted by Gasteiger charge is -2.35. The summed E-state index contributed by atoms with van der Waals surface area (Å²) in [6.07, 6.45) is 6.32. The standard InChI is InChI=1S/C18H23FN2O2/c19-14-10-8-13(9-11-14)12-21-16(6-3-7-17(21)22)18(23)20-15-4-1-2-5-15/h8-11,15-16H,1-7,12H2,(H,20,23). The Bertz CT molecular complexity index is 567. The van der Waals surface area contributed by atoms with Crippen LogP contribution in [0.1, 0.15) is 50.5 Å². The molecule has 1 aliphatic carbocycles. The molecule has 1 unspecified atom stereocenters. The number of hydrogen-bond donors (Lipinski definition) is 1. The number of hydrogen-bond acceptors (Lipinski definition) is 2. The van der Waals surface area contributed by atoms with Crippen LogP contribution in [-0.4, -0.2) is 28.8 Å². The van der Waals surface area contributed by atoms with Gasteiger partial charge in [-0.2, -0.15) is 0 Å². The number of benzene rings is 1. The monoisotopic (exact) mass is 318 g/mol. The van der Waals surface area contributed by atoms with Gasteiger partial charge in [-0.05, 0) is 43.4 Å². The van der Waals surface area contributed by atoms with Gasteiger partial charge in [0.2, 0.25) is 11.8 Å². The Morgan fingerprint density at radius 1 is 1.13 bits per heavy atom. The molecule has 0 spiro atoms. The summed E-state index contributed by atoms with van der Waals surface area (Å²) in [6.45, 7) is 0.363. The number of amides is 2. The van der Waals surface area contributed by atoms with E-state index in [4.69, 9.17) is 0 Å². The highest BCUT2D eigenvalue weighted by Crippen LogP contribution is 2.23. The lowest BCUT2D eigenvalue weighted by atomic mass is 9.99. The summed E-state index contributed by atoms with van der Waals surface area (Å²) in [5.41, 5.74) is 0.848. The fraction of sp³-hybridized carbons (Fsp3) is 0.556. The summed E-state index contributed by atoms with van der Waals surface area (Å²) in [5, 5.41) is 3.10. The zero-order chi connectivity index (χ0) is 16.2. The maximum Gasteiger partial charge on any atom is 0.243 e. The number of carbonyl (C=O) groups is 2. The number of piperidine rings is 1. The van der Waals surface area contributed by atoms with Gasteiger partial charge in [0.15, 0.2) is 0 Å². The van der Waals surface area contributed by atoms with E-state index in [0.717, 1.165) is 37.7 Å². The minimum absolute atomic E-state index is 0.00662. The molecule has 23 heavy (non-hydrogen) atoms. The molecule has 2 amide bonds. The average molecular weight is 318 g/mol. The Balaban J connectivity index is 1.69. The van der Waals surface area contributed by atoms with E-state index in [1.807, 2.05) is 0 Å².